The summed E-state index contributed by atoms with van der Waals surface area (Å²) in [6.45, 7) is 5.85. The summed E-state index contributed by atoms with van der Waals surface area (Å²) in [6.07, 6.45) is 2.07. The minimum absolute atomic E-state index is 0.0878. The monoisotopic (exact) mass is 470 g/mol. The zero-order chi connectivity index (χ0) is 23.9. The summed E-state index contributed by atoms with van der Waals surface area (Å²) in [6, 6.07) is 4.47. The molecular formula is C22H26N6O6. The van der Waals surface area contributed by atoms with Gasteiger partial charge in [0.15, 0.2) is 17.3 Å². The van der Waals surface area contributed by atoms with Crippen LogP contribution >= 0.6 is 0 Å². The van der Waals surface area contributed by atoms with E-state index in [4.69, 9.17) is 18.9 Å². The second-order valence-corrected chi connectivity index (χ2v) is 8.70. The number of ether oxygens (including phenoxy) is 4. The first-order valence-corrected chi connectivity index (χ1v) is 11.0. The highest BCUT2D eigenvalue weighted by Crippen LogP contribution is 2.39. The van der Waals surface area contributed by atoms with Gasteiger partial charge in [-0.3, -0.25) is 10.2 Å². The number of pyridine rings is 1. The van der Waals surface area contributed by atoms with Gasteiger partial charge in [0.2, 0.25) is 11.8 Å². The van der Waals surface area contributed by atoms with Gasteiger partial charge in [-0.25, -0.2) is 19.6 Å². The van der Waals surface area contributed by atoms with Crippen LogP contribution in [0.4, 0.5) is 22.2 Å². The Balaban J connectivity index is 1.31. The SMILES string of the molecule is COC(=O)c1ccc2c(n1)N(C(=O)Nc1nccc(OCC3COC(C)(C)O3)n1)[C@H]1CCN2C1. The van der Waals surface area contributed by atoms with E-state index in [0.29, 0.717) is 24.8 Å². The maximum atomic E-state index is 13.3. The fourth-order valence-corrected chi connectivity index (χ4v) is 4.35. The summed E-state index contributed by atoms with van der Waals surface area (Å²) in [4.78, 5) is 41.9. The highest BCUT2D eigenvalue weighted by Gasteiger charge is 2.41. The Morgan fingerprint density at radius 3 is 2.88 bits per heavy atom. The normalized spacial score (nSPS) is 22.3. The van der Waals surface area contributed by atoms with Crippen LogP contribution < -0.4 is 19.9 Å². The molecule has 2 aromatic heterocycles. The number of aromatic nitrogens is 3. The van der Waals surface area contributed by atoms with Crippen LogP contribution in [0.5, 0.6) is 5.88 Å². The van der Waals surface area contributed by atoms with Crippen LogP contribution in [-0.4, -0.2) is 78.3 Å². The van der Waals surface area contributed by atoms with Gasteiger partial charge in [-0.1, -0.05) is 0 Å². The maximum absolute atomic E-state index is 13.3. The summed E-state index contributed by atoms with van der Waals surface area (Å²) < 4.78 is 21.8. The summed E-state index contributed by atoms with van der Waals surface area (Å²) in [5, 5.41) is 2.73. The smallest absolute Gasteiger partial charge is 0.356 e. The molecule has 180 valence electrons. The number of hydrogen-bond acceptors (Lipinski definition) is 10. The van der Waals surface area contributed by atoms with Gasteiger partial charge in [0, 0.05) is 25.4 Å². The van der Waals surface area contributed by atoms with Crippen molar-refractivity contribution in [2.24, 2.45) is 0 Å². The number of esters is 1. The molecule has 12 nitrogen and oxygen atoms in total. The molecule has 3 aliphatic heterocycles. The largest absolute Gasteiger partial charge is 0.475 e. The second kappa shape index (κ2) is 8.69. The minimum Gasteiger partial charge on any atom is -0.475 e. The van der Waals surface area contributed by atoms with Gasteiger partial charge in [-0.05, 0) is 32.4 Å². The summed E-state index contributed by atoms with van der Waals surface area (Å²) >= 11 is 0. The molecule has 5 heterocycles. The Labute approximate surface area is 196 Å². The molecule has 34 heavy (non-hydrogen) atoms. The van der Waals surface area contributed by atoms with E-state index in [1.165, 1.54) is 13.3 Å². The molecule has 0 aliphatic carbocycles. The molecule has 0 saturated carbocycles. The highest BCUT2D eigenvalue weighted by atomic mass is 16.7. The van der Waals surface area contributed by atoms with E-state index < -0.39 is 17.8 Å². The summed E-state index contributed by atoms with van der Waals surface area (Å²) in [5.74, 6) is -0.401. The number of amides is 2. The van der Waals surface area contributed by atoms with Crippen molar-refractivity contribution < 1.29 is 28.5 Å². The molecule has 2 saturated heterocycles. The molecule has 2 atom stereocenters. The van der Waals surface area contributed by atoms with Gasteiger partial charge in [0.1, 0.15) is 12.7 Å². The third kappa shape index (κ3) is 4.33. The second-order valence-electron chi connectivity index (χ2n) is 8.70. The summed E-state index contributed by atoms with van der Waals surface area (Å²) in [5.41, 5.74) is 0.922. The van der Waals surface area contributed by atoms with Crippen molar-refractivity contribution in [1.82, 2.24) is 15.0 Å². The Kier molecular flexibility index (Phi) is 5.70. The predicted octanol–water partition coefficient (Wildman–Crippen LogP) is 1.82. The van der Waals surface area contributed by atoms with Crippen LogP contribution in [-0.2, 0) is 14.2 Å². The van der Waals surface area contributed by atoms with Gasteiger partial charge < -0.3 is 23.8 Å². The lowest BCUT2D eigenvalue weighted by Gasteiger charge is -2.35. The van der Waals surface area contributed by atoms with E-state index in [1.807, 2.05) is 13.8 Å². The fraction of sp³-hybridized carbons (Fsp3) is 0.500. The molecular weight excluding hydrogens is 444 g/mol. The van der Waals surface area contributed by atoms with Crippen molar-refractivity contribution in [3.63, 3.8) is 0 Å². The first kappa shape index (κ1) is 22.3. The molecule has 0 aromatic carbocycles. The maximum Gasteiger partial charge on any atom is 0.356 e. The third-order valence-electron chi connectivity index (χ3n) is 5.90. The van der Waals surface area contributed by atoms with Crippen LogP contribution in [0.25, 0.3) is 0 Å². The Hall–Kier alpha value is -3.51. The van der Waals surface area contributed by atoms with E-state index >= 15 is 0 Å². The molecule has 12 heteroatoms. The van der Waals surface area contributed by atoms with E-state index in [2.05, 4.69) is 25.2 Å². The number of nitrogens with zero attached hydrogens (tertiary/aromatic N) is 5. The molecule has 1 unspecified atom stereocenters. The number of carbonyl (C=O) groups is 2. The van der Waals surface area contributed by atoms with Gasteiger partial charge in [-0.2, -0.15) is 4.98 Å². The predicted molar refractivity (Wildman–Crippen MR) is 120 cm³/mol. The van der Waals surface area contributed by atoms with Crippen molar-refractivity contribution in [3.8, 4) is 5.88 Å². The van der Waals surface area contributed by atoms with E-state index in [1.54, 1.807) is 23.1 Å². The third-order valence-corrected chi connectivity index (χ3v) is 5.90. The lowest BCUT2D eigenvalue weighted by Crippen LogP contribution is -2.48. The van der Waals surface area contributed by atoms with Gasteiger partial charge in [0.25, 0.3) is 0 Å². The zero-order valence-electron chi connectivity index (χ0n) is 19.2. The summed E-state index contributed by atoms with van der Waals surface area (Å²) in [7, 11) is 1.29. The standard InChI is InChI=1S/C22H26N6O6/c1-22(2)33-12-14(34-22)11-32-17-6-8-23-20(25-17)26-21(30)28-13-7-9-27(10-13)16-5-4-15(19(29)31-3)24-18(16)28/h4-6,8,13-14H,7,9-12H2,1-3H3,(H,23,25,26,30)/t13-,14?/m0/s1. The van der Waals surface area contributed by atoms with Crippen molar-refractivity contribution in [2.75, 3.05) is 48.5 Å². The van der Waals surface area contributed by atoms with Crippen LogP contribution in [0.1, 0.15) is 30.8 Å². The topological polar surface area (TPSA) is 128 Å². The Bertz CT molecular complexity index is 1110. The molecule has 2 amide bonds. The Morgan fingerprint density at radius 2 is 2.12 bits per heavy atom. The zero-order valence-corrected chi connectivity index (χ0v) is 19.2. The first-order chi connectivity index (χ1) is 16.3. The number of methoxy groups -OCH3 is 1. The molecule has 2 aromatic rings. The van der Waals surface area contributed by atoms with E-state index in [0.717, 1.165) is 18.7 Å². The first-order valence-electron chi connectivity index (χ1n) is 11.0. The van der Waals surface area contributed by atoms with Crippen molar-refractivity contribution in [1.29, 1.82) is 0 Å². The number of carbonyl (C=O) groups excluding carboxylic acids is 2. The van der Waals surface area contributed by atoms with Gasteiger partial charge in [0.05, 0.1) is 25.4 Å². The van der Waals surface area contributed by atoms with Crippen molar-refractivity contribution >= 4 is 29.5 Å². The Morgan fingerprint density at radius 1 is 1.26 bits per heavy atom. The van der Waals surface area contributed by atoms with Crippen LogP contribution in [0, 0.1) is 0 Å². The highest BCUT2D eigenvalue weighted by molar-refractivity contribution is 6.04. The van der Waals surface area contributed by atoms with Crippen LogP contribution in [0.15, 0.2) is 24.4 Å². The average Bonchev–Trinajstić information content (AvgIpc) is 3.40. The van der Waals surface area contributed by atoms with Gasteiger partial charge >= 0.3 is 12.0 Å². The van der Waals surface area contributed by atoms with Gasteiger partial charge in [-0.15, -0.1) is 0 Å². The lowest BCUT2D eigenvalue weighted by atomic mass is 10.2. The molecule has 2 fully saturated rings. The van der Waals surface area contributed by atoms with E-state index in [9.17, 15) is 9.59 Å². The number of rotatable bonds is 5. The minimum atomic E-state index is -0.638. The number of anilines is 3. The number of hydrogen-bond donors (Lipinski definition) is 1. The van der Waals surface area contributed by atoms with Crippen molar-refractivity contribution in [2.45, 2.75) is 38.2 Å². The number of nitrogens with one attached hydrogen (secondary N) is 1. The molecule has 5 rings (SSSR count). The van der Waals surface area contributed by atoms with Crippen LogP contribution in [0.2, 0.25) is 0 Å². The molecule has 0 spiro atoms. The van der Waals surface area contributed by atoms with Crippen LogP contribution in [0.3, 0.4) is 0 Å². The molecule has 0 radical (unpaired) electrons. The number of fused-ring (bicyclic) bond motifs is 4. The molecule has 3 aliphatic rings. The molecule has 2 bridgehead atoms. The number of urea groups is 1. The fourth-order valence-electron chi connectivity index (χ4n) is 4.35. The lowest BCUT2D eigenvalue weighted by molar-refractivity contribution is -0.141. The quantitative estimate of drug-likeness (QED) is 0.646. The van der Waals surface area contributed by atoms with Crippen molar-refractivity contribution in [3.05, 3.63) is 30.1 Å². The average molecular weight is 470 g/mol. The molecule has 1 N–H and O–H groups in total. The van der Waals surface area contributed by atoms with E-state index in [-0.39, 0.29) is 30.4 Å².